The number of carbonyl (C=O) groups is 1. The SMILES string of the molecule is O=C1Nc2ccccc2C2(CCN(C3CCC3)CC2)O1. The Kier molecular flexibility index (Phi) is 2.74. The second-order valence-corrected chi connectivity index (χ2v) is 6.18. The second-order valence-electron chi connectivity index (χ2n) is 6.18. The predicted molar refractivity (Wildman–Crippen MR) is 76.7 cm³/mol. The molecule has 0 unspecified atom stereocenters. The second kappa shape index (κ2) is 4.48. The molecule has 1 saturated carbocycles. The van der Waals surface area contributed by atoms with Gasteiger partial charge in [0.25, 0.3) is 0 Å². The molecule has 0 radical (unpaired) electrons. The normalized spacial score (nSPS) is 25.5. The zero-order valence-electron chi connectivity index (χ0n) is 11.6. The molecule has 1 aromatic carbocycles. The molecule has 0 aromatic heterocycles. The molecule has 4 heteroatoms. The molecular weight excluding hydrogens is 252 g/mol. The Balaban J connectivity index is 1.60. The lowest BCUT2D eigenvalue weighted by Crippen LogP contribution is -2.52. The largest absolute Gasteiger partial charge is 0.438 e. The lowest BCUT2D eigenvalue weighted by molar-refractivity contribution is -0.0526. The van der Waals surface area contributed by atoms with Gasteiger partial charge in [0.05, 0.1) is 5.69 Å². The molecule has 4 rings (SSSR count). The van der Waals surface area contributed by atoms with Gasteiger partial charge in [-0.3, -0.25) is 5.32 Å². The Morgan fingerprint density at radius 3 is 2.65 bits per heavy atom. The highest BCUT2D eigenvalue weighted by atomic mass is 16.6. The number of rotatable bonds is 1. The smallest absolute Gasteiger partial charge is 0.412 e. The highest BCUT2D eigenvalue weighted by molar-refractivity contribution is 5.88. The van der Waals surface area contributed by atoms with Crippen LogP contribution in [0.4, 0.5) is 10.5 Å². The van der Waals surface area contributed by atoms with Crippen LogP contribution in [0.2, 0.25) is 0 Å². The van der Waals surface area contributed by atoms with Gasteiger partial charge in [0.15, 0.2) is 0 Å². The van der Waals surface area contributed by atoms with Gasteiger partial charge in [-0.2, -0.15) is 0 Å². The highest BCUT2D eigenvalue weighted by Gasteiger charge is 2.45. The molecule has 0 bridgehead atoms. The highest BCUT2D eigenvalue weighted by Crippen LogP contribution is 2.44. The summed E-state index contributed by atoms with van der Waals surface area (Å²) < 4.78 is 5.74. The van der Waals surface area contributed by atoms with Crippen molar-refractivity contribution in [2.45, 2.75) is 43.7 Å². The maximum atomic E-state index is 11.8. The van der Waals surface area contributed by atoms with E-state index in [1.165, 1.54) is 19.3 Å². The molecule has 1 spiro atoms. The number of fused-ring (bicyclic) bond motifs is 2. The minimum Gasteiger partial charge on any atom is -0.438 e. The average molecular weight is 272 g/mol. The molecule has 4 nitrogen and oxygen atoms in total. The Hall–Kier alpha value is -1.55. The third-order valence-corrected chi connectivity index (χ3v) is 5.14. The first-order chi connectivity index (χ1) is 9.77. The summed E-state index contributed by atoms with van der Waals surface area (Å²) in [6.45, 7) is 2.07. The van der Waals surface area contributed by atoms with E-state index in [0.717, 1.165) is 43.2 Å². The molecule has 20 heavy (non-hydrogen) atoms. The van der Waals surface area contributed by atoms with Crippen LogP contribution in [-0.4, -0.2) is 30.1 Å². The van der Waals surface area contributed by atoms with Gasteiger partial charge in [-0.15, -0.1) is 0 Å². The molecule has 1 aliphatic carbocycles. The number of benzene rings is 1. The van der Waals surface area contributed by atoms with Crippen LogP contribution in [0.1, 0.15) is 37.7 Å². The van der Waals surface area contributed by atoms with Crippen molar-refractivity contribution < 1.29 is 9.53 Å². The number of hydrogen-bond acceptors (Lipinski definition) is 3. The van der Waals surface area contributed by atoms with Crippen molar-refractivity contribution in [3.63, 3.8) is 0 Å². The molecular formula is C16H20N2O2. The molecule has 1 N–H and O–H groups in total. The first kappa shape index (κ1) is 12.2. The number of nitrogens with zero attached hydrogens (tertiary/aromatic N) is 1. The van der Waals surface area contributed by atoms with Crippen molar-refractivity contribution in [2.75, 3.05) is 18.4 Å². The minimum atomic E-state index is -0.404. The van der Waals surface area contributed by atoms with Crippen LogP contribution in [0.25, 0.3) is 0 Å². The number of para-hydroxylation sites is 1. The predicted octanol–water partition coefficient (Wildman–Crippen LogP) is 3.09. The van der Waals surface area contributed by atoms with Crippen LogP contribution in [0.3, 0.4) is 0 Å². The first-order valence-corrected chi connectivity index (χ1v) is 7.60. The van der Waals surface area contributed by atoms with E-state index in [0.29, 0.717) is 0 Å². The van der Waals surface area contributed by atoms with Crippen LogP contribution in [0.15, 0.2) is 24.3 Å². The summed E-state index contributed by atoms with van der Waals surface area (Å²) in [5, 5.41) is 2.81. The molecule has 1 saturated heterocycles. The number of piperidine rings is 1. The lowest BCUT2D eigenvalue weighted by Gasteiger charge is -2.47. The summed E-state index contributed by atoms with van der Waals surface area (Å²) in [4.78, 5) is 14.4. The van der Waals surface area contributed by atoms with E-state index in [-0.39, 0.29) is 6.09 Å². The van der Waals surface area contributed by atoms with Gasteiger partial charge in [-0.25, -0.2) is 4.79 Å². The molecule has 3 aliphatic rings. The van der Waals surface area contributed by atoms with E-state index >= 15 is 0 Å². The summed E-state index contributed by atoms with van der Waals surface area (Å²) >= 11 is 0. The van der Waals surface area contributed by atoms with Gasteiger partial charge >= 0.3 is 6.09 Å². The Labute approximate surface area is 119 Å². The van der Waals surface area contributed by atoms with Crippen molar-refractivity contribution in [3.05, 3.63) is 29.8 Å². The van der Waals surface area contributed by atoms with Gasteiger partial charge in [0, 0.05) is 37.5 Å². The van der Waals surface area contributed by atoms with Gasteiger partial charge in [-0.1, -0.05) is 24.6 Å². The van der Waals surface area contributed by atoms with Crippen molar-refractivity contribution >= 4 is 11.8 Å². The number of anilines is 1. The maximum Gasteiger partial charge on any atom is 0.412 e. The van der Waals surface area contributed by atoms with Crippen LogP contribution >= 0.6 is 0 Å². The number of ether oxygens (including phenoxy) is 1. The molecule has 2 heterocycles. The Morgan fingerprint density at radius 1 is 1.20 bits per heavy atom. The topological polar surface area (TPSA) is 41.6 Å². The Bertz CT molecular complexity index is 531. The summed E-state index contributed by atoms with van der Waals surface area (Å²) in [5.41, 5.74) is 1.66. The van der Waals surface area contributed by atoms with E-state index in [2.05, 4.69) is 16.3 Å². The molecule has 2 aliphatic heterocycles. The number of carbonyl (C=O) groups excluding carboxylic acids is 1. The van der Waals surface area contributed by atoms with Gasteiger partial charge in [0.2, 0.25) is 0 Å². The number of hydrogen-bond donors (Lipinski definition) is 1. The third kappa shape index (κ3) is 1.82. The molecule has 1 amide bonds. The number of amides is 1. The fraction of sp³-hybridized carbons (Fsp3) is 0.562. The molecule has 0 atom stereocenters. The fourth-order valence-electron chi connectivity index (χ4n) is 3.73. The maximum absolute atomic E-state index is 11.8. The van der Waals surface area contributed by atoms with Gasteiger partial charge in [0.1, 0.15) is 5.60 Å². The van der Waals surface area contributed by atoms with Crippen molar-refractivity contribution in [1.29, 1.82) is 0 Å². The summed E-state index contributed by atoms with van der Waals surface area (Å²) in [6.07, 6.45) is 5.56. The van der Waals surface area contributed by atoms with Crippen LogP contribution < -0.4 is 5.32 Å². The van der Waals surface area contributed by atoms with Crippen molar-refractivity contribution in [1.82, 2.24) is 4.90 Å². The molecule has 1 aromatic rings. The monoisotopic (exact) mass is 272 g/mol. The summed E-state index contributed by atoms with van der Waals surface area (Å²) in [6, 6.07) is 8.82. The average Bonchev–Trinajstić information content (AvgIpc) is 2.39. The lowest BCUT2D eigenvalue weighted by atomic mass is 9.80. The third-order valence-electron chi connectivity index (χ3n) is 5.14. The zero-order valence-corrected chi connectivity index (χ0v) is 11.6. The summed E-state index contributed by atoms with van der Waals surface area (Å²) in [5.74, 6) is 0. The fourth-order valence-corrected chi connectivity index (χ4v) is 3.73. The van der Waals surface area contributed by atoms with Crippen LogP contribution in [0, 0.1) is 0 Å². The van der Waals surface area contributed by atoms with E-state index < -0.39 is 5.60 Å². The van der Waals surface area contributed by atoms with E-state index in [1.807, 2.05) is 18.2 Å². The Morgan fingerprint density at radius 2 is 1.95 bits per heavy atom. The van der Waals surface area contributed by atoms with Gasteiger partial charge < -0.3 is 9.64 Å². The summed E-state index contributed by atoms with van der Waals surface area (Å²) in [7, 11) is 0. The van der Waals surface area contributed by atoms with Crippen LogP contribution in [-0.2, 0) is 10.3 Å². The van der Waals surface area contributed by atoms with E-state index in [1.54, 1.807) is 0 Å². The minimum absolute atomic E-state index is 0.305. The number of nitrogens with one attached hydrogen (secondary N) is 1. The molecule has 2 fully saturated rings. The van der Waals surface area contributed by atoms with Crippen molar-refractivity contribution in [3.8, 4) is 0 Å². The van der Waals surface area contributed by atoms with Gasteiger partial charge in [-0.05, 0) is 18.9 Å². The quantitative estimate of drug-likeness (QED) is 0.854. The standard InChI is InChI=1S/C16H20N2O2/c19-15-17-14-7-2-1-6-13(14)16(20-15)8-10-18(11-9-16)12-4-3-5-12/h1-2,6-7,12H,3-5,8-11H2,(H,17,19). The van der Waals surface area contributed by atoms with Crippen molar-refractivity contribution in [2.24, 2.45) is 0 Å². The molecule has 106 valence electrons. The zero-order chi connectivity index (χ0) is 13.6. The van der Waals surface area contributed by atoms with E-state index in [4.69, 9.17) is 4.74 Å². The van der Waals surface area contributed by atoms with E-state index in [9.17, 15) is 4.79 Å². The van der Waals surface area contributed by atoms with Crippen LogP contribution in [0.5, 0.6) is 0 Å². The first-order valence-electron chi connectivity index (χ1n) is 7.60. The number of likely N-dealkylation sites (tertiary alicyclic amines) is 1.